The molecule has 0 saturated carbocycles. The summed E-state index contributed by atoms with van der Waals surface area (Å²) in [7, 11) is 0. The van der Waals surface area contributed by atoms with E-state index in [4.69, 9.17) is 0 Å². The van der Waals surface area contributed by atoms with Gasteiger partial charge in [-0.05, 0) is 55.7 Å². The molecule has 26 heavy (non-hydrogen) atoms. The summed E-state index contributed by atoms with van der Waals surface area (Å²) >= 11 is 0. The van der Waals surface area contributed by atoms with E-state index in [2.05, 4.69) is 39.0 Å². The van der Waals surface area contributed by atoms with Crippen LogP contribution in [-0.2, 0) is 19.3 Å². The zero-order chi connectivity index (χ0) is 18.9. The minimum Gasteiger partial charge on any atom is -0.0654 e. The van der Waals surface area contributed by atoms with E-state index < -0.39 is 0 Å². The molecule has 0 aliphatic heterocycles. The topological polar surface area (TPSA) is 0 Å². The molecule has 0 fully saturated rings. The van der Waals surface area contributed by atoms with Crippen molar-refractivity contribution in [3.8, 4) is 0 Å². The molecule has 0 amide bonds. The molecule has 0 spiro atoms. The summed E-state index contributed by atoms with van der Waals surface area (Å²) in [5.41, 5.74) is 4.54. The smallest absolute Gasteiger partial charge is 0.0279 e. The highest BCUT2D eigenvalue weighted by Crippen LogP contribution is 2.18. The molecule has 0 nitrogen and oxygen atoms in total. The molecular formula is C26H45. The van der Waals surface area contributed by atoms with Gasteiger partial charge in [0.05, 0.1) is 0 Å². The van der Waals surface area contributed by atoms with Crippen molar-refractivity contribution >= 4 is 0 Å². The van der Waals surface area contributed by atoms with Gasteiger partial charge in [0.1, 0.15) is 0 Å². The Labute approximate surface area is 165 Å². The van der Waals surface area contributed by atoms with Gasteiger partial charge in [-0.15, -0.1) is 0 Å². The lowest BCUT2D eigenvalue weighted by Gasteiger charge is -2.09. The molecular weight excluding hydrogens is 312 g/mol. The molecule has 0 aliphatic carbocycles. The average molecular weight is 358 g/mol. The Morgan fingerprint density at radius 3 is 1.23 bits per heavy atom. The Bertz CT molecular complexity index is 395. The number of aryl methyl sites for hydroxylation is 2. The Morgan fingerprint density at radius 2 is 0.846 bits per heavy atom. The van der Waals surface area contributed by atoms with Crippen LogP contribution in [0, 0.1) is 6.92 Å². The van der Waals surface area contributed by atoms with Gasteiger partial charge in [-0.3, -0.25) is 0 Å². The summed E-state index contributed by atoms with van der Waals surface area (Å²) in [6.07, 6.45) is 23.0. The zero-order valence-corrected chi connectivity index (χ0v) is 18.0. The first-order chi connectivity index (χ1) is 12.8. The molecule has 0 bridgehead atoms. The van der Waals surface area contributed by atoms with Gasteiger partial charge < -0.3 is 0 Å². The first-order valence-corrected chi connectivity index (χ1v) is 11.7. The fourth-order valence-electron chi connectivity index (χ4n) is 3.84. The summed E-state index contributed by atoms with van der Waals surface area (Å²) in [5.74, 6) is 0. The molecule has 0 atom stereocenters. The maximum Gasteiger partial charge on any atom is -0.0279 e. The van der Waals surface area contributed by atoms with Gasteiger partial charge in [0, 0.05) is 0 Å². The van der Waals surface area contributed by atoms with Crippen LogP contribution in [0.2, 0.25) is 0 Å². The predicted octanol–water partition coefficient (Wildman–Crippen LogP) is 8.65. The van der Waals surface area contributed by atoms with Crippen molar-refractivity contribution in [1.82, 2.24) is 0 Å². The van der Waals surface area contributed by atoms with Crippen molar-refractivity contribution in [3.63, 3.8) is 0 Å². The largest absolute Gasteiger partial charge is 0.0654 e. The molecule has 1 radical (unpaired) electrons. The molecule has 0 heteroatoms. The third-order valence-electron chi connectivity index (χ3n) is 5.54. The average Bonchev–Trinajstić information content (AvgIpc) is 2.66. The van der Waals surface area contributed by atoms with Crippen LogP contribution >= 0.6 is 0 Å². The quantitative estimate of drug-likeness (QED) is 0.245. The summed E-state index contributed by atoms with van der Waals surface area (Å²) in [4.78, 5) is 0. The second-order valence-electron chi connectivity index (χ2n) is 8.15. The van der Waals surface area contributed by atoms with Crippen LogP contribution in [0.5, 0.6) is 0 Å². The predicted molar refractivity (Wildman–Crippen MR) is 119 cm³/mol. The fourth-order valence-corrected chi connectivity index (χ4v) is 3.84. The van der Waals surface area contributed by atoms with E-state index in [-0.39, 0.29) is 0 Å². The van der Waals surface area contributed by atoms with E-state index in [1.165, 1.54) is 108 Å². The lowest BCUT2D eigenvalue weighted by atomic mass is 9.96. The number of unbranched alkanes of at least 4 members (excludes halogenated alkanes) is 12. The third-order valence-corrected chi connectivity index (χ3v) is 5.54. The van der Waals surface area contributed by atoms with Crippen LogP contribution in [-0.4, -0.2) is 0 Å². The molecule has 0 N–H and O–H groups in total. The molecule has 0 aromatic heterocycles. The number of benzene rings is 1. The highest BCUT2D eigenvalue weighted by molar-refractivity contribution is 5.31. The highest BCUT2D eigenvalue weighted by Gasteiger charge is 2.02. The molecule has 0 saturated heterocycles. The van der Waals surface area contributed by atoms with Crippen molar-refractivity contribution in [2.24, 2.45) is 0 Å². The fraction of sp³-hybridized carbons (Fsp3) is 0.731. The monoisotopic (exact) mass is 357 g/mol. The molecule has 0 heterocycles. The van der Waals surface area contributed by atoms with Gasteiger partial charge in [-0.2, -0.15) is 0 Å². The van der Waals surface area contributed by atoms with E-state index in [0.717, 1.165) is 6.42 Å². The Morgan fingerprint density at radius 1 is 0.500 bits per heavy atom. The molecule has 1 aromatic rings. The standard InChI is InChI=1S/C26H45/c1-4-7-9-11-13-15-17-19-25-21-24(6-3)22-26(23-25)20-18-16-14-12-10-8-5-2/h21-23H,3-20H2,1-2H3. The van der Waals surface area contributed by atoms with E-state index in [1.54, 1.807) is 11.1 Å². The van der Waals surface area contributed by atoms with Crippen molar-refractivity contribution < 1.29 is 0 Å². The van der Waals surface area contributed by atoms with Crippen molar-refractivity contribution in [3.05, 3.63) is 41.8 Å². The highest BCUT2D eigenvalue weighted by atomic mass is 14.1. The van der Waals surface area contributed by atoms with Gasteiger partial charge in [0.25, 0.3) is 0 Å². The van der Waals surface area contributed by atoms with Crippen molar-refractivity contribution in [2.45, 2.75) is 123 Å². The van der Waals surface area contributed by atoms with Gasteiger partial charge >= 0.3 is 0 Å². The maximum atomic E-state index is 4.11. The van der Waals surface area contributed by atoms with E-state index in [9.17, 15) is 0 Å². The van der Waals surface area contributed by atoms with Crippen LogP contribution < -0.4 is 0 Å². The summed E-state index contributed by atoms with van der Waals surface area (Å²) in [5, 5.41) is 0. The lowest BCUT2D eigenvalue weighted by Crippen LogP contribution is -1.95. The summed E-state index contributed by atoms with van der Waals surface area (Å²) < 4.78 is 0. The molecule has 1 aromatic carbocycles. The summed E-state index contributed by atoms with van der Waals surface area (Å²) in [6.45, 7) is 8.70. The maximum absolute atomic E-state index is 4.11. The molecule has 0 aliphatic rings. The minimum absolute atomic E-state index is 0.925. The van der Waals surface area contributed by atoms with Gasteiger partial charge in [-0.1, -0.05) is 109 Å². The zero-order valence-electron chi connectivity index (χ0n) is 18.0. The van der Waals surface area contributed by atoms with E-state index in [1.807, 2.05) is 0 Å². The molecule has 1 rings (SSSR count). The Hall–Kier alpha value is -0.780. The van der Waals surface area contributed by atoms with Gasteiger partial charge in [0.15, 0.2) is 0 Å². The van der Waals surface area contributed by atoms with Crippen LogP contribution in [0.15, 0.2) is 18.2 Å². The van der Waals surface area contributed by atoms with Crippen LogP contribution in [0.4, 0.5) is 0 Å². The molecule has 149 valence electrons. The van der Waals surface area contributed by atoms with E-state index >= 15 is 0 Å². The number of hydrogen-bond acceptors (Lipinski definition) is 0. The van der Waals surface area contributed by atoms with Crippen LogP contribution in [0.3, 0.4) is 0 Å². The SMILES string of the molecule is [CH2]Cc1cc(CCCCCCCCC)cc(CCCCCCCCC)c1. The molecule has 0 unspecified atom stereocenters. The Kier molecular flexibility index (Phi) is 14.7. The second-order valence-corrected chi connectivity index (χ2v) is 8.15. The summed E-state index contributed by atoms with van der Waals surface area (Å²) in [6, 6.07) is 7.28. The van der Waals surface area contributed by atoms with Crippen LogP contribution in [0.1, 0.15) is 120 Å². The first kappa shape index (κ1) is 23.3. The van der Waals surface area contributed by atoms with Gasteiger partial charge in [-0.25, -0.2) is 0 Å². The van der Waals surface area contributed by atoms with Gasteiger partial charge in [0.2, 0.25) is 0 Å². The number of hydrogen-bond donors (Lipinski definition) is 0. The minimum atomic E-state index is 0.925. The van der Waals surface area contributed by atoms with Crippen molar-refractivity contribution in [1.29, 1.82) is 0 Å². The van der Waals surface area contributed by atoms with Crippen LogP contribution in [0.25, 0.3) is 0 Å². The van der Waals surface area contributed by atoms with E-state index in [0.29, 0.717) is 0 Å². The third kappa shape index (κ3) is 11.8. The second kappa shape index (κ2) is 16.4. The first-order valence-electron chi connectivity index (χ1n) is 11.7. The Balaban J connectivity index is 2.28. The lowest BCUT2D eigenvalue weighted by molar-refractivity contribution is 0.587. The normalized spacial score (nSPS) is 11.2. The van der Waals surface area contributed by atoms with Crippen molar-refractivity contribution in [2.75, 3.05) is 0 Å². The number of rotatable bonds is 17.